The maximum absolute atomic E-state index is 14.9. The van der Waals surface area contributed by atoms with E-state index >= 15 is 0 Å². The molecule has 3 atom stereocenters. The number of thiocarbonyl (C=S) groups is 1. The largest absolute Gasteiger partial charge is 0.396 e. The van der Waals surface area contributed by atoms with Gasteiger partial charge in [-0.3, -0.25) is 10.1 Å². The Balaban J connectivity index is 1.92. The predicted octanol–water partition coefficient (Wildman–Crippen LogP) is 1.95. The summed E-state index contributed by atoms with van der Waals surface area (Å²) in [6.45, 7) is -0.162. The average molecular weight is 449 g/mol. The Morgan fingerprint density at radius 1 is 1.26 bits per heavy atom. The van der Waals surface area contributed by atoms with Gasteiger partial charge in [-0.1, -0.05) is 36.4 Å². The van der Waals surface area contributed by atoms with Gasteiger partial charge < -0.3 is 24.6 Å². The minimum Gasteiger partial charge on any atom is -0.396 e. The first-order chi connectivity index (χ1) is 15.0. The zero-order chi connectivity index (χ0) is 22.3. The summed E-state index contributed by atoms with van der Waals surface area (Å²) in [5.41, 5.74) is -0.611. The highest BCUT2D eigenvalue weighted by Gasteiger charge is 2.50. The molecule has 1 amide bonds. The lowest BCUT2D eigenvalue weighted by molar-refractivity contribution is -0.174. The van der Waals surface area contributed by atoms with E-state index in [1.807, 2.05) is 0 Å². The first-order valence-electron chi connectivity index (χ1n) is 9.74. The van der Waals surface area contributed by atoms with Crippen LogP contribution in [0.15, 0.2) is 54.6 Å². The van der Waals surface area contributed by atoms with Crippen LogP contribution in [0.1, 0.15) is 15.9 Å². The fraction of sp³-hybridized carbons (Fsp3) is 0.364. The molecule has 0 radical (unpaired) electrons. The van der Waals surface area contributed by atoms with Gasteiger partial charge in [-0.2, -0.15) is 0 Å². The zero-order valence-electron chi connectivity index (χ0n) is 17.0. The van der Waals surface area contributed by atoms with Crippen molar-refractivity contribution in [1.82, 2.24) is 10.6 Å². The molecule has 0 bridgehead atoms. The Morgan fingerprint density at radius 2 is 1.97 bits per heavy atom. The molecule has 0 aliphatic carbocycles. The summed E-state index contributed by atoms with van der Waals surface area (Å²) < 4.78 is 31.3. The molecule has 166 valence electrons. The number of hydrogen-bond acceptors (Lipinski definition) is 6. The molecule has 9 heteroatoms. The molecule has 7 nitrogen and oxygen atoms in total. The minimum absolute atomic E-state index is 0.00729. The van der Waals surface area contributed by atoms with Gasteiger partial charge in [-0.05, 0) is 30.4 Å². The summed E-state index contributed by atoms with van der Waals surface area (Å²) in [5, 5.41) is 15.9. The van der Waals surface area contributed by atoms with Crippen molar-refractivity contribution in [1.29, 1.82) is 0 Å². The molecule has 31 heavy (non-hydrogen) atoms. The zero-order valence-corrected chi connectivity index (χ0v) is 17.9. The van der Waals surface area contributed by atoms with Gasteiger partial charge in [-0.25, -0.2) is 4.39 Å². The molecule has 2 aromatic carbocycles. The maximum Gasteiger partial charge on any atom is 0.257 e. The number of carbonyl (C=O) groups excluding carboxylic acids is 1. The topological polar surface area (TPSA) is 89.0 Å². The number of aliphatic hydroxyl groups excluding tert-OH is 1. The molecule has 2 aromatic rings. The second-order valence-electron chi connectivity index (χ2n) is 7.14. The minimum atomic E-state index is -1.28. The lowest BCUT2D eigenvalue weighted by Crippen LogP contribution is -2.64. The van der Waals surface area contributed by atoms with Gasteiger partial charge in [0, 0.05) is 24.2 Å². The van der Waals surface area contributed by atoms with Crippen molar-refractivity contribution < 1.29 is 28.5 Å². The lowest BCUT2D eigenvalue weighted by Gasteiger charge is -2.48. The Kier molecular flexibility index (Phi) is 8.05. The van der Waals surface area contributed by atoms with Crippen LogP contribution in [0.3, 0.4) is 0 Å². The van der Waals surface area contributed by atoms with E-state index in [1.165, 1.54) is 13.2 Å². The summed E-state index contributed by atoms with van der Waals surface area (Å²) in [5.74, 6) is -1.55. The predicted molar refractivity (Wildman–Crippen MR) is 116 cm³/mol. The summed E-state index contributed by atoms with van der Waals surface area (Å²) in [7, 11) is 1.48. The van der Waals surface area contributed by atoms with Crippen LogP contribution < -0.4 is 10.6 Å². The van der Waals surface area contributed by atoms with Crippen molar-refractivity contribution in [2.75, 3.05) is 33.7 Å². The number of halogens is 1. The van der Waals surface area contributed by atoms with E-state index in [2.05, 4.69) is 10.6 Å². The van der Waals surface area contributed by atoms with E-state index in [-0.39, 0.29) is 37.3 Å². The van der Waals surface area contributed by atoms with Gasteiger partial charge in [0.25, 0.3) is 5.91 Å². The highest BCUT2D eigenvalue weighted by Crippen LogP contribution is 2.38. The quantitative estimate of drug-likeness (QED) is 0.441. The molecule has 0 saturated carbocycles. The molecular formula is C22H25FN2O5S. The van der Waals surface area contributed by atoms with Gasteiger partial charge in [0.1, 0.15) is 12.6 Å². The summed E-state index contributed by atoms with van der Waals surface area (Å²) in [4.78, 5) is 12.5. The third-order valence-electron chi connectivity index (χ3n) is 5.24. The number of carbonyl (C=O) groups is 1. The van der Waals surface area contributed by atoms with Gasteiger partial charge in [-0.15, -0.1) is 0 Å². The molecule has 1 heterocycles. The van der Waals surface area contributed by atoms with Crippen LogP contribution in [0, 0.1) is 11.7 Å². The molecule has 1 aliphatic heterocycles. The molecule has 3 rings (SSSR count). The summed E-state index contributed by atoms with van der Waals surface area (Å²) >= 11 is 5.38. The van der Waals surface area contributed by atoms with Crippen molar-refractivity contribution in [3.05, 3.63) is 71.5 Å². The van der Waals surface area contributed by atoms with Crippen molar-refractivity contribution in [2.24, 2.45) is 5.92 Å². The van der Waals surface area contributed by atoms with Crippen molar-refractivity contribution in [3.63, 3.8) is 0 Å². The van der Waals surface area contributed by atoms with Crippen molar-refractivity contribution in [3.8, 4) is 0 Å². The van der Waals surface area contributed by atoms with Crippen LogP contribution in [0.4, 0.5) is 4.39 Å². The van der Waals surface area contributed by atoms with E-state index in [9.17, 15) is 14.3 Å². The van der Waals surface area contributed by atoms with Gasteiger partial charge in [0.2, 0.25) is 0 Å². The first kappa shape index (κ1) is 23.2. The Bertz CT molecular complexity index is 900. The first-order valence-corrected chi connectivity index (χ1v) is 10.2. The molecule has 1 fully saturated rings. The SMILES string of the molecule is COCOC1COCC(NC(=S)NC(=O)c2ccccc2)(c2ccccc2F)C1CO. The molecular weight excluding hydrogens is 423 g/mol. The summed E-state index contributed by atoms with van der Waals surface area (Å²) in [6, 6.07) is 14.7. The molecule has 1 saturated heterocycles. The highest BCUT2D eigenvalue weighted by molar-refractivity contribution is 7.80. The van der Waals surface area contributed by atoms with Gasteiger partial charge in [0.15, 0.2) is 5.11 Å². The molecule has 3 unspecified atom stereocenters. The van der Waals surface area contributed by atoms with Crippen LogP contribution in [0.5, 0.6) is 0 Å². The normalized spacial score (nSPS) is 23.2. The average Bonchev–Trinajstić information content (AvgIpc) is 2.78. The number of hydrogen-bond donors (Lipinski definition) is 3. The van der Waals surface area contributed by atoms with E-state index < -0.39 is 29.3 Å². The highest BCUT2D eigenvalue weighted by atomic mass is 32.1. The van der Waals surface area contributed by atoms with Crippen LogP contribution in [-0.4, -0.2) is 56.0 Å². The number of amides is 1. The third kappa shape index (κ3) is 5.25. The number of benzene rings is 2. The molecule has 1 aliphatic rings. The fourth-order valence-electron chi connectivity index (χ4n) is 3.76. The van der Waals surface area contributed by atoms with Crippen LogP contribution in [0.25, 0.3) is 0 Å². The van der Waals surface area contributed by atoms with Crippen LogP contribution in [0.2, 0.25) is 0 Å². The second-order valence-corrected chi connectivity index (χ2v) is 7.55. The van der Waals surface area contributed by atoms with Crippen molar-refractivity contribution >= 4 is 23.2 Å². The van der Waals surface area contributed by atoms with E-state index in [4.69, 9.17) is 26.4 Å². The van der Waals surface area contributed by atoms with E-state index in [0.29, 0.717) is 5.56 Å². The fourth-order valence-corrected chi connectivity index (χ4v) is 4.04. The number of nitrogens with one attached hydrogen (secondary N) is 2. The van der Waals surface area contributed by atoms with Crippen LogP contribution >= 0.6 is 12.2 Å². The van der Waals surface area contributed by atoms with Crippen LogP contribution in [-0.2, 0) is 19.7 Å². The van der Waals surface area contributed by atoms with E-state index in [0.717, 1.165) is 0 Å². The standard InChI is InChI=1S/C22H25FN2O5S/c1-28-14-30-19-12-29-13-22(17(19)11-26,16-9-5-6-10-18(16)23)25-21(31)24-20(27)15-7-3-2-4-8-15/h2-10,17,19,26H,11-14H2,1H3,(H2,24,25,27,31). The van der Waals surface area contributed by atoms with Gasteiger partial charge >= 0.3 is 0 Å². The second kappa shape index (κ2) is 10.7. The number of methoxy groups -OCH3 is 1. The third-order valence-corrected chi connectivity index (χ3v) is 5.45. The summed E-state index contributed by atoms with van der Waals surface area (Å²) in [6.07, 6.45) is -0.599. The monoisotopic (exact) mass is 448 g/mol. The van der Waals surface area contributed by atoms with Crippen molar-refractivity contribution in [2.45, 2.75) is 11.6 Å². The number of aliphatic hydroxyl groups is 1. The number of rotatable bonds is 7. The number of ether oxygens (including phenoxy) is 3. The maximum atomic E-state index is 14.9. The Hall–Kier alpha value is -2.43. The smallest absolute Gasteiger partial charge is 0.257 e. The molecule has 0 aromatic heterocycles. The Labute approximate surface area is 185 Å². The lowest BCUT2D eigenvalue weighted by atomic mass is 9.74. The Morgan fingerprint density at radius 3 is 2.65 bits per heavy atom. The van der Waals surface area contributed by atoms with Gasteiger partial charge in [0.05, 0.1) is 31.5 Å². The molecule has 3 N–H and O–H groups in total. The van der Waals surface area contributed by atoms with E-state index in [1.54, 1.807) is 48.5 Å². The molecule has 0 spiro atoms.